The van der Waals surface area contributed by atoms with Crippen LogP contribution in [0.2, 0.25) is 0 Å². The van der Waals surface area contributed by atoms with Crippen LogP contribution in [0.3, 0.4) is 0 Å². The molecule has 0 unspecified atom stereocenters. The van der Waals surface area contributed by atoms with Crippen molar-refractivity contribution in [2.24, 2.45) is 5.73 Å². The lowest BCUT2D eigenvalue weighted by atomic mass is 10.0. The lowest BCUT2D eigenvalue weighted by molar-refractivity contribution is 0.105. The van der Waals surface area contributed by atoms with Gasteiger partial charge < -0.3 is 15.4 Å². The minimum absolute atomic E-state index is 0.110. The highest BCUT2D eigenvalue weighted by molar-refractivity contribution is 5.62. The summed E-state index contributed by atoms with van der Waals surface area (Å²) in [5.41, 5.74) is 8.08. The first-order valence-corrected chi connectivity index (χ1v) is 7.32. The number of nitrogens with zero attached hydrogens (tertiary/aromatic N) is 1. The zero-order valence-corrected chi connectivity index (χ0v) is 12.4. The number of fused-ring (bicyclic) bond motifs is 1. The maximum atomic E-state index is 6.09. The Morgan fingerprint density at radius 1 is 1.37 bits per heavy atom. The number of rotatable bonds is 5. The van der Waals surface area contributed by atoms with Gasteiger partial charge in [-0.3, -0.25) is 0 Å². The minimum atomic E-state index is -0.110. The van der Waals surface area contributed by atoms with Gasteiger partial charge in [-0.25, -0.2) is 0 Å². The molecule has 1 heterocycles. The van der Waals surface area contributed by atoms with Crippen LogP contribution in [0.5, 0.6) is 5.75 Å². The maximum Gasteiger partial charge on any atom is 0.143 e. The normalized spacial score (nSPS) is 16.9. The van der Waals surface area contributed by atoms with E-state index in [0.29, 0.717) is 0 Å². The highest BCUT2D eigenvalue weighted by atomic mass is 16.5. The number of hydrogen-bond donors (Lipinski definition) is 1. The highest BCUT2D eigenvalue weighted by Crippen LogP contribution is 2.37. The van der Waals surface area contributed by atoms with Gasteiger partial charge >= 0.3 is 0 Å². The van der Waals surface area contributed by atoms with Crippen molar-refractivity contribution in [3.8, 4) is 5.75 Å². The average Bonchev–Trinajstić information content (AvgIpc) is 2.36. The van der Waals surface area contributed by atoms with Crippen molar-refractivity contribution in [2.45, 2.75) is 45.6 Å². The zero-order valence-electron chi connectivity index (χ0n) is 12.4. The second kappa shape index (κ2) is 5.83. The molecule has 1 aliphatic heterocycles. The monoisotopic (exact) mass is 262 g/mol. The van der Waals surface area contributed by atoms with Crippen molar-refractivity contribution >= 4 is 5.69 Å². The van der Waals surface area contributed by atoms with E-state index in [0.717, 1.165) is 44.6 Å². The molecule has 0 aromatic heterocycles. The van der Waals surface area contributed by atoms with E-state index < -0.39 is 0 Å². The fourth-order valence-electron chi connectivity index (χ4n) is 2.70. The fourth-order valence-corrected chi connectivity index (χ4v) is 2.70. The molecular formula is C16H26N2O. The van der Waals surface area contributed by atoms with Crippen molar-refractivity contribution < 1.29 is 4.74 Å². The summed E-state index contributed by atoms with van der Waals surface area (Å²) < 4.78 is 6.09. The predicted molar refractivity (Wildman–Crippen MR) is 81.0 cm³/mol. The molecule has 0 aliphatic carbocycles. The van der Waals surface area contributed by atoms with Gasteiger partial charge in [0.15, 0.2) is 0 Å². The lowest BCUT2D eigenvalue weighted by Gasteiger charge is -2.41. The summed E-state index contributed by atoms with van der Waals surface area (Å²) in [6.45, 7) is 9.32. The van der Waals surface area contributed by atoms with Crippen molar-refractivity contribution in [3.63, 3.8) is 0 Å². The van der Waals surface area contributed by atoms with Gasteiger partial charge in [0.2, 0.25) is 0 Å². The van der Waals surface area contributed by atoms with Crippen LogP contribution in [0.4, 0.5) is 5.69 Å². The van der Waals surface area contributed by atoms with E-state index in [1.165, 1.54) is 11.3 Å². The third-order valence-electron chi connectivity index (χ3n) is 3.49. The van der Waals surface area contributed by atoms with E-state index in [1.54, 1.807) is 0 Å². The van der Waals surface area contributed by atoms with E-state index >= 15 is 0 Å². The minimum Gasteiger partial charge on any atom is -0.484 e. The van der Waals surface area contributed by atoms with Crippen molar-refractivity contribution in [2.75, 3.05) is 24.5 Å². The molecule has 0 saturated heterocycles. The number of benzene rings is 1. The standard InChI is InChI=1S/C16H26N2O/c1-4-10-18-12-16(2,3)19-15-8-7-13(6-5-9-17)11-14(15)18/h7-8,11H,4-6,9-10,12,17H2,1-3H3. The van der Waals surface area contributed by atoms with Gasteiger partial charge in [0.25, 0.3) is 0 Å². The van der Waals surface area contributed by atoms with E-state index in [-0.39, 0.29) is 5.60 Å². The van der Waals surface area contributed by atoms with Crippen LogP contribution in [0.1, 0.15) is 39.2 Å². The van der Waals surface area contributed by atoms with Crippen LogP contribution in [-0.4, -0.2) is 25.2 Å². The van der Waals surface area contributed by atoms with Gasteiger partial charge in [0.1, 0.15) is 11.4 Å². The molecule has 106 valence electrons. The molecule has 1 aliphatic rings. The zero-order chi connectivity index (χ0) is 13.9. The van der Waals surface area contributed by atoms with E-state index in [4.69, 9.17) is 10.5 Å². The number of anilines is 1. The Kier molecular flexibility index (Phi) is 4.35. The Balaban J connectivity index is 2.27. The summed E-state index contributed by atoms with van der Waals surface area (Å²) >= 11 is 0. The molecule has 0 radical (unpaired) electrons. The van der Waals surface area contributed by atoms with E-state index in [9.17, 15) is 0 Å². The van der Waals surface area contributed by atoms with Gasteiger partial charge in [-0.15, -0.1) is 0 Å². The third kappa shape index (κ3) is 3.41. The molecule has 1 aromatic carbocycles. The second-order valence-electron chi connectivity index (χ2n) is 5.98. The quantitative estimate of drug-likeness (QED) is 0.886. The first-order chi connectivity index (χ1) is 9.05. The van der Waals surface area contributed by atoms with Gasteiger partial charge in [0.05, 0.1) is 12.2 Å². The van der Waals surface area contributed by atoms with Crippen molar-refractivity contribution in [1.29, 1.82) is 0 Å². The van der Waals surface area contributed by atoms with Gasteiger partial charge in [-0.1, -0.05) is 13.0 Å². The second-order valence-corrected chi connectivity index (χ2v) is 5.98. The van der Waals surface area contributed by atoms with Crippen LogP contribution in [0.15, 0.2) is 18.2 Å². The molecule has 0 saturated carbocycles. The number of aryl methyl sites for hydroxylation is 1. The molecule has 2 rings (SSSR count). The number of ether oxygens (including phenoxy) is 1. The molecule has 0 spiro atoms. The van der Waals surface area contributed by atoms with E-state index in [2.05, 4.69) is 43.9 Å². The summed E-state index contributed by atoms with van der Waals surface area (Å²) in [5.74, 6) is 1.01. The Hall–Kier alpha value is -1.22. The van der Waals surface area contributed by atoms with Crippen LogP contribution < -0.4 is 15.4 Å². The first kappa shape index (κ1) is 14.2. The molecule has 0 amide bonds. The molecular weight excluding hydrogens is 236 g/mol. The number of hydrogen-bond acceptors (Lipinski definition) is 3. The summed E-state index contributed by atoms with van der Waals surface area (Å²) in [6.07, 6.45) is 3.24. The van der Waals surface area contributed by atoms with Crippen molar-refractivity contribution in [1.82, 2.24) is 0 Å². The summed E-state index contributed by atoms with van der Waals surface area (Å²) in [5, 5.41) is 0. The smallest absolute Gasteiger partial charge is 0.143 e. The molecule has 0 fully saturated rings. The summed E-state index contributed by atoms with van der Waals surface area (Å²) in [4.78, 5) is 2.45. The Bertz CT molecular complexity index is 429. The van der Waals surface area contributed by atoms with Gasteiger partial charge in [-0.2, -0.15) is 0 Å². The van der Waals surface area contributed by atoms with Gasteiger partial charge in [-0.05, 0) is 57.4 Å². The Labute approximate surface area is 116 Å². The molecule has 0 atom stereocenters. The van der Waals surface area contributed by atoms with Crippen LogP contribution in [-0.2, 0) is 6.42 Å². The fraction of sp³-hybridized carbons (Fsp3) is 0.625. The van der Waals surface area contributed by atoms with Crippen LogP contribution in [0, 0.1) is 0 Å². The molecule has 2 N–H and O–H groups in total. The predicted octanol–water partition coefficient (Wildman–Crippen LogP) is 2.97. The highest BCUT2D eigenvalue weighted by Gasteiger charge is 2.31. The molecule has 3 nitrogen and oxygen atoms in total. The molecule has 19 heavy (non-hydrogen) atoms. The largest absolute Gasteiger partial charge is 0.484 e. The SMILES string of the molecule is CCCN1CC(C)(C)Oc2ccc(CCCN)cc21. The third-order valence-corrected chi connectivity index (χ3v) is 3.49. The number of nitrogens with two attached hydrogens (primary N) is 1. The summed E-state index contributed by atoms with van der Waals surface area (Å²) in [7, 11) is 0. The van der Waals surface area contributed by atoms with Crippen molar-refractivity contribution in [3.05, 3.63) is 23.8 Å². The molecule has 1 aromatic rings. The Morgan fingerprint density at radius 3 is 2.84 bits per heavy atom. The lowest BCUT2D eigenvalue weighted by Crippen LogP contribution is -2.47. The Morgan fingerprint density at radius 2 is 2.16 bits per heavy atom. The van der Waals surface area contributed by atoms with Crippen LogP contribution in [0.25, 0.3) is 0 Å². The van der Waals surface area contributed by atoms with Crippen LogP contribution >= 0.6 is 0 Å². The maximum absolute atomic E-state index is 6.09. The first-order valence-electron chi connectivity index (χ1n) is 7.32. The van der Waals surface area contributed by atoms with Gasteiger partial charge in [0, 0.05) is 6.54 Å². The topological polar surface area (TPSA) is 38.5 Å². The average molecular weight is 262 g/mol. The molecule has 0 bridgehead atoms. The van der Waals surface area contributed by atoms with E-state index in [1.807, 2.05) is 0 Å². The molecule has 3 heteroatoms. The summed E-state index contributed by atoms with van der Waals surface area (Å²) in [6, 6.07) is 6.56.